The number of aromatic nitrogens is 6. The van der Waals surface area contributed by atoms with E-state index < -0.39 is 0 Å². The van der Waals surface area contributed by atoms with E-state index in [4.69, 9.17) is 4.74 Å². The van der Waals surface area contributed by atoms with Crippen LogP contribution in [0.4, 0.5) is 5.95 Å². The molecule has 0 bridgehead atoms. The number of imidazole rings is 1. The van der Waals surface area contributed by atoms with Crippen LogP contribution in [0.2, 0.25) is 0 Å². The molecule has 0 aromatic carbocycles. The van der Waals surface area contributed by atoms with Gasteiger partial charge in [0.25, 0.3) is 0 Å². The Morgan fingerprint density at radius 2 is 2.26 bits per heavy atom. The molecular weight excluding hydrogens is 396 g/mol. The summed E-state index contributed by atoms with van der Waals surface area (Å²) in [5.74, 6) is 2.21. The second kappa shape index (κ2) is 6.40. The minimum atomic E-state index is -0.0164. The largest absolute Gasteiger partial charge is 0.480 e. The maximum absolute atomic E-state index is 11.7. The van der Waals surface area contributed by atoms with E-state index in [1.165, 1.54) is 0 Å². The van der Waals surface area contributed by atoms with Crippen molar-refractivity contribution in [1.82, 2.24) is 34.6 Å². The van der Waals surface area contributed by atoms with Crippen LogP contribution in [0.3, 0.4) is 0 Å². The zero-order valence-corrected chi connectivity index (χ0v) is 17.2. The molecule has 4 aromatic rings. The van der Waals surface area contributed by atoms with Crippen LogP contribution in [0.15, 0.2) is 31.0 Å². The van der Waals surface area contributed by atoms with Gasteiger partial charge in [0.2, 0.25) is 23.5 Å². The summed E-state index contributed by atoms with van der Waals surface area (Å²) in [6.07, 6.45) is 11.6. The number of methoxy groups -OCH3 is 1. The van der Waals surface area contributed by atoms with Crippen molar-refractivity contribution in [3.8, 4) is 17.0 Å². The standard InChI is InChI=1S/C21H22N8O2/c1-3-15(30)28-21-6-13(21)14(7-21)25-19-26-17-16(18(27-19)31-2)12(9-23-17)11-8-24-20-22-4-5-29(20)10-11/h4-5,8-10,13-14H,3,6-7H2,1-2H3,(H,28,30)(H2,23,25,26,27)/t13?,14-,21+/m0/s1. The van der Waals surface area contributed by atoms with Crippen molar-refractivity contribution >= 4 is 28.7 Å². The molecule has 2 aliphatic rings. The Morgan fingerprint density at radius 1 is 1.35 bits per heavy atom. The van der Waals surface area contributed by atoms with Crippen molar-refractivity contribution in [3.05, 3.63) is 31.0 Å². The van der Waals surface area contributed by atoms with Crippen molar-refractivity contribution < 1.29 is 9.53 Å². The lowest BCUT2D eigenvalue weighted by Gasteiger charge is -2.35. The van der Waals surface area contributed by atoms with Crippen LogP contribution >= 0.6 is 0 Å². The summed E-state index contributed by atoms with van der Waals surface area (Å²) in [6.45, 7) is 1.88. The lowest BCUT2D eigenvalue weighted by Crippen LogP contribution is -2.52. The van der Waals surface area contributed by atoms with E-state index in [2.05, 4.69) is 35.6 Å². The van der Waals surface area contributed by atoms with Gasteiger partial charge in [0.1, 0.15) is 5.65 Å². The van der Waals surface area contributed by atoms with Crippen molar-refractivity contribution in [2.24, 2.45) is 5.92 Å². The van der Waals surface area contributed by atoms with E-state index in [0.29, 0.717) is 35.6 Å². The van der Waals surface area contributed by atoms with E-state index in [0.717, 1.165) is 29.4 Å². The number of hydrogen-bond donors (Lipinski definition) is 3. The van der Waals surface area contributed by atoms with Crippen molar-refractivity contribution in [1.29, 1.82) is 0 Å². The third-order valence-corrected chi connectivity index (χ3v) is 6.48. The predicted molar refractivity (Wildman–Crippen MR) is 114 cm³/mol. The monoisotopic (exact) mass is 418 g/mol. The average Bonchev–Trinajstić information content (AvgIpc) is 3.15. The van der Waals surface area contributed by atoms with E-state index in [9.17, 15) is 4.79 Å². The number of nitrogens with one attached hydrogen (secondary N) is 3. The van der Waals surface area contributed by atoms with Crippen LogP contribution in [-0.4, -0.2) is 53.9 Å². The van der Waals surface area contributed by atoms with Gasteiger partial charge in [-0.2, -0.15) is 9.97 Å². The zero-order chi connectivity index (χ0) is 21.2. The number of aromatic amines is 1. The Bertz CT molecular complexity index is 1330. The quantitative estimate of drug-likeness (QED) is 0.438. The molecule has 0 spiro atoms. The van der Waals surface area contributed by atoms with Crippen LogP contribution in [-0.2, 0) is 4.79 Å². The molecule has 6 rings (SSSR count). The lowest BCUT2D eigenvalue weighted by atomic mass is 9.86. The van der Waals surface area contributed by atoms with Crippen LogP contribution in [0.5, 0.6) is 5.88 Å². The number of carbonyl (C=O) groups excluding carboxylic acids is 1. The van der Waals surface area contributed by atoms with Gasteiger partial charge in [-0.25, -0.2) is 9.97 Å². The van der Waals surface area contributed by atoms with Gasteiger partial charge in [0, 0.05) is 66.0 Å². The maximum atomic E-state index is 11.7. The highest BCUT2D eigenvalue weighted by Gasteiger charge is 2.68. The van der Waals surface area contributed by atoms with Crippen molar-refractivity contribution in [3.63, 3.8) is 0 Å². The molecule has 0 saturated heterocycles. The van der Waals surface area contributed by atoms with Crippen molar-refractivity contribution in [2.75, 3.05) is 12.4 Å². The molecule has 2 aliphatic carbocycles. The van der Waals surface area contributed by atoms with Crippen LogP contribution < -0.4 is 15.4 Å². The summed E-state index contributed by atoms with van der Waals surface area (Å²) in [7, 11) is 1.61. The molecule has 2 saturated carbocycles. The topological polar surface area (TPSA) is 122 Å². The number of hydrogen-bond acceptors (Lipinski definition) is 7. The third-order valence-electron chi connectivity index (χ3n) is 6.48. The highest BCUT2D eigenvalue weighted by Crippen LogP contribution is 2.60. The molecule has 0 radical (unpaired) electrons. The van der Waals surface area contributed by atoms with Gasteiger partial charge in [-0.15, -0.1) is 0 Å². The van der Waals surface area contributed by atoms with Gasteiger partial charge in [-0.1, -0.05) is 6.92 Å². The SMILES string of the molecule is CCC(=O)N[C@@]12CC1[C@@H](Nc1nc(OC)c3c(-c4cnc5nccn5c4)c[nH]c3n1)C2. The molecule has 4 aromatic heterocycles. The number of rotatable bonds is 6. The fourth-order valence-electron chi connectivity index (χ4n) is 4.74. The van der Waals surface area contributed by atoms with Crippen molar-refractivity contribution in [2.45, 2.75) is 37.8 Å². The Labute approximate surface area is 177 Å². The summed E-state index contributed by atoms with van der Waals surface area (Å²) in [4.78, 5) is 32.8. The molecule has 10 nitrogen and oxygen atoms in total. The zero-order valence-electron chi connectivity index (χ0n) is 17.2. The van der Waals surface area contributed by atoms with Gasteiger partial charge in [0.15, 0.2) is 0 Å². The number of ether oxygens (including phenoxy) is 1. The summed E-state index contributed by atoms with van der Waals surface area (Å²) in [5, 5.41) is 7.38. The number of H-pyrrole nitrogens is 1. The van der Waals surface area contributed by atoms with Gasteiger partial charge in [0.05, 0.1) is 12.5 Å². The van der Waals surface area contributed by atoms with Gasteiger partial charge < -0.3 is 20.4 Å². The summed E-state index contributed by atoms with van der Waals surface area (Å²) >= 11 is 0. The average molecular weight is 418 g/mol. The summed E-state index contributed by atoms with van der Waals surface area (Å²) in [6, 6.07) is 0.251. The first-order valence-electron chi connectivity index (χ1n) is 10.4. The molecule has 0 aliphatic heterocycles. The molecular formula is C21H22N8O2. The molecule has 3 N–H and O–H groups in total. The number of carbonyl (C=O) groups is 1. The molecule has 2 fully saturated rings. The van der Waals surface area contributed by atoms with Gasteiger partial charge in [-0.05, 0) is 12.8 Å². The first-order chi connectivity index (χ1) is 15.1. The van der Waals surface area contributed by atoms with Gasteiger partial charge in [-0.3, -0.25) is 9.20 Å². The number of anilines is 1. The van der Waals surface area contributed by atoms with Crippen LogP contribution in [0.1, 0.15) is 26.2 Å². The fourth-order valence-corrected chi connectivity index (χ4v) is 4.74. The highest BCUT2D eigenvalue weighted by molar-refractivity contribution is 5.97. The van der Waals surface area contributed by atoms with E-state index in [-0.39, 0.29) is 17.5 Å². The Kier molecular flexibility index (Phi) is 3.74. The molecule has 4 heterocycles. The fraction of sp³-hybridized carbons (Fsp3) is 0.381. The van der Waals surface area contributed by atoms with E-state index in [1.807, 2.05) is 29.9 Å². The lowest BCUT2D eigenvalue weighted by molar-refractivity contribution is -0.122. The first-order valence-corrected chi connectivity index (χ1v) is 10.4. The normalized spacial score (nSPS) is 23.9. The van der Waals surface area contributed by atoms with E-state index in [1.54, 1.807) is 19.5 Å². The molecule has 3 atom stereocenters. The Morgan fingerprint density at radius 3 is 3.06 bits per heavy atom. The molecule has 10 heteroatoms. The minimum absolute atomic E-state index is 0.0164. The molecule has 1 amide bonds. The number of amides is 1. The summed E-state index contributed by atoms with van der Waals surface area (Å²) in [5.41, 5.74) is 2.49. The minimum Gasteiger partial charge on any atom is -0.480 e. The third kappa shape index (κ3) is 2.74. The second-order valence-corrected chi connectivity index (χ2v) is 8.28. The smallest absolute Gasteiger partial charge is 0.233 e. The predicted octanol–water partition coefficient (Wildman–Crippen LogP) is 2.15. The number of fused-ring (bicyclic) bond motifs is 3. The number of nitrogens with zero attached hydrogens (tertiary/aromatic N) is 5. The van der Waals surface area contributed by atoms with Gasteiger partial charge >= 0.3 is 0 Å². The maximum Gasteiger partial charge on any atom is 0.233 e. The molecule has 1 unspecified atom stereocenters. The van der Waals surface area contributed by atoms with E-state index >= 15 is 0 Å². The molecule has 158 valence electrons. The Hall–Kier alpha value is -3.69. The molecule has 31 heavy (non-hydrogen) atoms. The highest BCUT2D eigenvalue weighted by atomic mass is 16.5. The van der Waals surface area contributed by atoms with Crippen LogP contribution in [0.25, 0.3) is 27.9 Å². The van der Waals surface area contributed by atoms with Crippen LogP contribution in [0, 0.1) is 5.92 Å². The summed E-state index contributed by atoms with van der Waals surface area (Å²) < 4.78 is 7.48. The second-order valence-electron chi connectivity index (χ2n) is 8.28. The first kappa shape index (κ1) is 18.1. The Balaban J connectivity index is 1.28.